The van der Waals surface area contributed by atoms with E-state index in [1.165, 1.54) is 55.6 Å². The topological polar surface area (TPSA) is 38.1 Å². The second-order valence-electron chi connectivity index (χ2n) is 17.8. The zero-order chi connectivity index (χ0) is 40.4. The van der Waals surface area contributed by atoms with E-state index in [1.54, 1.807) is 0 Å². The van der Waals surface area contributed by atoms with Crippen LogP contribution in [0.25, 0.3) is 56.0 Å². The summed E-state index contributed by atoms with van der Waals surface area (Å²) in [4.78, 5) is 14.7. The Morgan fingerprint density at radius 1 is 0.534 bits per heavy atom. The van der Waals surface area contributed by atoms with Gasteiger partial charge in [0.25, 0.3) is 0 Å². The van der Waals surface area contributed by atoms with E-state index in [1.807, 2.05) is 18.6 Å². The molecule has 0 saturated carbocycles. The predicted octanol–water partition coefficient (Wildman–Crippen LogP) is 13.9. The first kappa shape index (κ1) is 37.1. The summed E-state index contributed by atoms with van der Waals surface area (Å²) in [5.74, 6) is 0.728. The fourth-order valence-corrected chi connectivity index (χ4v) is 8.94. The third-order valence-corrected chi connectivity index (χ3v) is 12.2. The minimum atomic E-state index is -0.506. The van der Waals surface area contributed by atoms with Crippen molar-refractivity contribution in [1.82, 2.24) is 9.97 Å². The Morgan fingerprint density at radius 2 is 1.02 bits per heavy atom. The summed E-state index contributed by atoms with van der Waals surface area (Å²) >= 11 is 0. The average molecular weight is 752 g/mol. The predicted molar refractivity (Wildman–Crippen MR) is 244 cm³/mol. The van der Waals surface area contributed by atoms with E-state index < -0.39 is 5.41 Å². The van der Waals surface area contributed by atoms with Gasteiger partial charge in [0.2, 0.25) is 0 Å². The molecule has 2 aliphatic rings. The number of allylic oxidation sites excluding steroid dienone is 2. The number of fused-ring (bicyclic) bond motifs is 10. The highest BCUT2D eigenvalue weighted by Gasteiger charge is 2.51. The van der Waals surface area contributed by atoms with E-state index in [4.69, 9.17) is 15.0 Å². The highest BCUT2D eigenvalue weighted by molar-refractivity contribution is 6.11. The zero-order valence-corrected chi connectivity index (χ0v) is 34.6. The molecule has 0 amide bonds. The van der Waals surface area contributed by atoms with Crippen LogP contribution in [0, 0.1) is 0 Å². The van der Waals surface area contributed by atoms with Crippen molar-refractivity contribution in [3.8, 4) is 44.8 Å². The van der Waals surface area contributed by atoms with Crippen LogP contribution in [0.1, 0.15) is 93.0 Å². The van der Waals surface area contributed by atoms with Crippen molar-refractivity contribution in [3.05, 3.63) is 203 Å². The van der Waals surface area contributed by atoms with E-state index in [0.717, 1.165) is 44.9 Å². The Bertz CT molecular complexity index is 2740. The molecule has 0 aliphatic heterocycles. The van der Waals surface area contributed by atoms with Crippen molar-refractivity contribution in [2.24, 2.45) is 4.99 Å². The van der Waals surface area contributed by atoms with Gasteiger partial charge in [-0.2, -0.15) is 0 Å². The van der Waals surface area contributed by atoms with E-state index in [0.29, 0.717) is 0 Å². The molecule has 58 heavy (non-hydrogen) atoms. The van der Waals surface area contributed by atoms with Crippen LogP contribution in [0.5, 0.6) is 0 Å². The molecule has 0 saturated heterocycles. The van der Waals surface area contributed by atoms with E-state index >= 15 is 0 Å². The van der Waals surface area contributed by atoms with Crippen LogP contribution in [0.2, 0.25) is 0 Å². The molecule has 1 aromatic heterocycles. The van der Waals surface area contributed by atoms with Crippen LogP contribution in [0.4, 0.5) is 0 Å². The van der Waals surface area contributed by atoms with Crippen molar-refractivity contribution in [2.75, 3.05) is 0 Å². The minimum absolute atomic E-state index is 0.0908. The molecule has 1 heterocycles. The Kier molecular flexibility index (Phi) is 8.89. The molecule has 9 rings (SSSR count). The third kappa shape index (κ3) is 6.08. The molecule has 3 nitrogen and oxygen atoms in total. The minimum Gasteiger partial charge on any atom is -0.256 e. The lowest BCUT2D eigenvalue weighted by atomic mass is 9.70. The first-order valence-corrected chi connectivity index (χ1v) is 20.3. The average Bonchev–Trinajstić information content (AvgIpc) is 3.70. The standard InChI is InChI=1S/C55H49N3/c1-9-36(32-56-35(2)37-18-24-42(25-19-37)53(3,4)5)39-22-28-46-47-29-23-40(41-33-57-52(58-34-41)38-20-26-43(27-21-38)54(6,7)8)31-51(47)55(50(46)30-39)48-16-12-10-14-44(48)45-15-11-13-17-49(45)55/h9-34H,2H2,1,3-8H3/b36-9+,56-32-. The SMILES string of the molecule is C=C(/N=C\C(=C/C)c1ccc2c(c1)C1(c3ccccc3-c3ccccc31)c1cc(-c3cnc(-c4ccc(C(C)(C)C)cc4)nc3)ccc1-2)c1ccc(C(C)(C)C)cc1. The molecule has 1 spiro atoms. The summed E-state index contributed by atoms with van der Waals surface area (Å²) in [7, 11) is 0. The lowest BCUT2D eigenvalue weighted by Gasteiger charge is -2.31. The summed E-state index contributed by atoms with van der Waals surface area (Å²) in [5.41, 5.74) is 19.5. The molecule has 0 fully saturated rings. The first-order chi connectivity index (χ1) is 27.9. The Hall–Kier alpha value is -6.45. The van der Waals surface area contributed by atoms with Crippen molar-refractivity contribution in [2.45, 2.75) is 64.7 Å². The zero-order valence-electron chi connectivity index (χ0n) is 34.6. The maximum Gasteiger partial charge on any atom is 0.159 e. The Morgan fingerprint density at radius 3 is 1.59 bits per heavy atom. The smallest absolute Gasteiger partial charge is 0.159 e. The fourth-order valence-electron chi connectivity index (χ4n) is 8.94. The molecule has 0 atom stereocenters. The molecule has 0 radical (unpaired) electrons. The molecule has 284 valence electrons. The van der Waals surface area contributed by atoms with Gasteiger partial charge in [0.1, 0.15) is 0 Å². The highest BCUT2D eigenvalue weighted by atomic mass is 14.9. The Labute approximate surface area is 343 Å². The van der Waals surface area contributed by atoms with E-state index in [-0.39, 0.29) is 10.8 Å². The number of hydrogen-bond donors (Lipinski definition) is 0. The summed E-state index contributed by atoms with van der Waals surface area (Å²) in [5, 5.41) is 0. The lowest BCUT2D eigenvalue weighted by molar-refractivity contribution is 0.590. The third-order valence-electron chi connectivity index (χ3n) is 12.2. The molecule has 0 bridgehead atoms. The van der Waals surface area contributed by atoms with Crippen molar-refractivity contribution >= 4 is 17.5 Å². The van der Waals surface area contributed by atoms with Crippen LogP contribution < -0.4 is 0 Å². The molecular formula is C55H49N3. The number of nitrogens with zero attached hydrogens (tertiary/aromatic N) is 3. The van der Waals surface area contributed by atoms with Gasteiger partial charge >= 0.3 is 0 Å². The summed E-state index contributed by atoms with van der Waals surface area (Å²) in [6.07, 6.45) is 8.05. The second kappa shape index (κ2) is 13.9. The van der Waals surface area contributed by atoms with Gasteiger partial charge < -0.3 is 0 Å². The van der Waals surface area contributed by atoms with Gasteiger partial charge in [-0.3, -0.25) is 4.99 Å². The number of rotatable bonds is 6. The van der Waals surface area contributed by atoms with Gasteiger partial charge in [0.15, 0.2) is 5.82 Å². The number of aliphatic imine (C=N–C) groups is 1. The monoisotopic (exact) mass is 751 g/mol. The molecule has 7 aromatic rings. The van der Waals surface area contributed by atoms with Gasteiger partial charge in [0, 0.05) is 29.7 Å². The quantitative estimate of drug-likeness (QED) is 0.159. The van der Waals surface area contributed by atoms with Gasteiger partial charge in [-0.15, -0.1) is 0 Å². The van der Waals surface area contributed by atoms with E-state index in [2.05, 4.69) is 195 Å². The van der Waals surface area contributed by atoms with Gasteiger partial charge in [-0.25, -0.2) is 9.97 Å². The molecule has 3 heteroatoms. The van der Waals surface area contributed by atoms with Crippen molar-refractivity contribution in [1.29, 1.82) is 0 Å². The molecule has 6 aromatic carbocycles. The van der Waals surface area contributed by atoms with Crippen LogP contribution in [0.15, 0.2) is 164 Å². The van der Waals surface area contributed by atoms with Crippen LogP contribution in [0.3, 0.4) is 0 Å². The van der Waals surface area contributed by atoms with Crippen molar-refractivity contribution < 1.29 is 0 Å². The maximum atomic E-state index is 4.91. The molecule has 2 aliphatic carbocycles. The number of hydrogen-bond acceptors (Lipinski definition) is 3. The van der Waals surface area contributed by atoms with Gasteiger partial charge in [-0.1, -0.05) is 176 Å². The number of benzene rings is 6. The van der Waals surface area contributed by atoms with Crippen molar-refractivity contribution in [3.63, 3.8) is 0 Å². The largest absolute Gasteiger partial charge is 0.256 e. The Balaban J connectivity index is 1.13. The normalized spacial score (nSPS) is 14.0. The summed E-state index contributed by atoms with van der Waals surface area (Å²) < 4.78 is 0. The fraction of sp³-hybridized carbons (Fsp3) is 0.182. The van der Waals surface area contributed by atoms with Crippen LogP contribution in [-0.4, -0.2) is 16.2 Å². The van der Waals surface area contributed by atoms with Gasteiger partial charge in [0.05, 0.1) is 11.1 Å². The summed E-state index contributed by atoms with van der Waals surface area (Å²) in [6, 6.07) is 49.0. The van der Waals surface area contributed by atoms with Gasteiger partial charge in [-0.05, 0) is 108 Å². The lowest BCUT2D eigenvalue weighted by Crippen LogP contribution is -2.26. The second-order valence-corrected chi connectivity index (χ2v) is 17.8. The number of aromatic nitrogens is 2. The maximum absolute atomic E-state index is 4.91. The van der Waals surface area contributed by atoms with E-state index in [9.17, 15) is 0 Å². The highest BCUT2D eigenvalue weighted by Crippen LogP contribution is 2.63. The van der Waals surface area contributed by atoms with Crippen LogP contribution >= 0.6 is 0 Å². The molecule has 0 unspecified atom stereocenters. The molecule has 0 N–H and O–H groups in total. The van der Waals surface area contributed by atoms with Crippen LogP contribution in [-0.2, 0) is 16.2 Å². The molecular weight excluding hydrogens is 703 g/mol. The summed E-state index contributed by atoms with van der Waals surface area (Å²) in [6.45, 7) is 19.8. The first-order valence-electron chi connectivity index (χ1n) is 20.3.